The van der Waals surface area contributed by atoms with Crippen LogP contribution in [0.2, 0.25) is 0 Å². The quantitative estimate of drug-likeness (QED) is 0.883. The van der Waals surface area contributed by atoms with Gasteiger partial charge in [0.15, 0.2) is 0 Å². The number of aryl methyl sites for hydroxylation is 2. The minimum Gasteiger partial charge on any atom is -0.422 e. The first-order valence-electron chi connectivity index (χ1n) is 8.39. The Morgan fingerprint density at radius 3 is 2.86 bits per heavy atom. The van der Waals surface area contributed by atoms with Crippen molar-refractivity contribution < 1.29 is 4.42 Å². The molecule has 1 N–H and O–H groups in total. The SMILES string of the molecule is CCCNc1cc(=O)oc2c3c4c(cc12)CCCN4CCC3. The summed E-state index contributed by atoms with van der Waals surface area (Å²) in [5.74, 6) is 0. The second-order valence-corrected chi connectivity index (χ2v) is 6.34. The molecule has 2 aliphatic rings. The van der Waals surface area contributed by atoms with Crippen LogP contribution in [0.1, 0.15) is 37.3 Å². The Morgan fingerprint density at radius 2 is 2.05 bits per heavy atom. The molecule has 1 aromatic heterocycles. The maximum atomic E-state index is 12.0. The molecule has 0 amide bonds. The molecule has 0 aliphatic carbocycles. The fraction of sp³-hybridized carbons (Fsp3) is 0.500. The first kappa shape index (κ1) is 13.7. The largest absolute Gasteiger partial charge is 0.422 e. The Bertz CT molecular complexity index is 777. The smallest absolute Gasteiger partial charge is 0.338 e. The van der Waals surface area contributed by atoms with Crippen LogP contribution >= 0.6 is 0 Å². The summed E-state index contributed by atoms with van der Waals surface area (Å²) in [5.41, 5.74) is 5.49. The third kappa shape index (κ3) is 2.09. The molecule has 1 aromatic carbocycles. The number of hydrogen-bond donors (Lipinski definition) is 1. The molecule has 0 spiro atoms. The summed E-state index contributed by atoms with van der Waals surface area (Å²) in [7, 11) is 0. The van der Waals surface area contributed by atoms with E-state index in [4.69, 9.17) is 4.42 Å². The molecule has 4 heteroatoms. The van der Waals surface area contributed by atoms with Gasteiger partial charge in [-0.1, -0.05) is 6.92 Å². The number of nitrogens with one attached hydrogen (secondary N) is 1. The van der Waals surface area contributed by atoms with Gasteiger partial charge in [-0.25, -0.2) is 4.79 Å². The highest BCUT2D eigenvalue weighted by Crippen LogP contribution is 2.41. The van der Waals surface area contributed by atoms with Gasteiger partial charge in [-0.2, -0.15) is 0 Å². The molecule has 2 aromatic rings. The van der Waals surface area contributed by atoms with Crippen LogP contribution in [0.3, 0.4) is 0 Å². The Balaban J connectivity index is 1.99. The van der Waals surface area contributed by atoms with Gasteiger partial charge < -0.3 is 14.6 Å². The summed E-state index contributed by atoms with van der Waals surface area (Å²) < 4.78 is 5.63. The standard InChI is InChI=1S/C18H22N2O2/c1-2-7-19-15-11-16(21)22-18-13-6-4-9-20-8-3-5-12(17(13)20)10-14(15)18/h10-11,19H,2-9H2,1H3. The second-order valence-electron chi connectivity index (χ2n) is 6.34. The lowest BCUT2D eigenvalue weighted by Crippen LogP contribution is -2.34. The van der Waals surface area contributed by atoms with E-state index in [1.54, 1.807) is 6.07 Å². The van der Waals surface area contributed by atoms with Crippen molar-refractivity contribution in [3.8, 4) is 0 Å². The molecule has 22 heavy (non-hydrogen) atoms. The van der Waals surface area contributed by atoms with Crippen molar-refractivity contribution >= 4 is 22.3 Å². The van der Waals surface area contributed by atoms with E-state index in [-0.39, 0.29) is 5.63 Å². The van der Waals surface area contributed by atoms with E-state index >= 15 is 0 Å². The van der Waals surface area contributed by atoms with Crippen molar-refractivity contribution in [1.82, 2.24) is 0 Å². The molecular weight excluding hydrogens is 276 g/mol. The van der Waals surface area contributed by atoms with E-state index in [0.29, 0.717) is 0 Å². The zero-order chi connectivity index (χ0) is 15.1. The van der Waals surface area contributed by atoms with Crippen LogP contribution in [0.4, 0.5) is 11.4 Å². The fourth-order valence-corrected chi connectivity index (χ4v) is 3.88. The molecule has 0 unspecified atom stereocenters. The summed E-state index contributed by atoms with van der Waals surface area (Å²) in [5, 5.41) is 4.47. The Labute approximate surface area is 130 Å². The molecule has 0 saturated carbocycles. The minimum absolute atomic E-state index is 0.254. The topological polar surface area (TPSA) is 45.5 Å². The number of anilines is 2. The van der Waals surface area contributed by atoms with E-state index in [0.717, 1.165) is 62.0 Å². The highest BCUT2D eigenvalue weighted by Gasteiger charge is 2.27. The van der Waals surface area contributed by atoms with Crippen LogP contribution < -0.4 is 15.8 Å². The van der Waals surface area contributed by atoms with Crippen molar-refractivity contribution in [2.45, 2.75) is 39.0 Å². The van der Waals surface area contributed by atoms with Gasteiger partial charge in [0.05, 0.1) is 5.69 Å². The third-order valence-corrected chi connectivity index (χ3v) is 4.79. The Hall–Kier alpha value is -1.97. The molecule has 0 atom stereocenters. The van der Waals surface area contributed by atoms with E-state index in [1.165, 1.54) is 23.2 Å². The summed E-state index contributed by atoms with van der Waals surface area (Å²) in [6.07, 6.45) is 5.53. The van der Waals surface area contributed by atoms with Crippen LogP contribution in [-0.4, -0.2) is 19.6 Å². The van der Waals surface area contributed by atoms with E-state index in [2.05, 4.69) is 23.2 Å². The Kier molecular flexibility index (Phi) is 3.32. The molecule has 0 saturated heterocycles. The Morgan fingerprint density at radius 1 is 1.23 bits per heavy atom. The minimum atomic E-state index is -0.254. The van der Waals surface area contributed by atoms with Gasteiger partial charge in [-0.3, -0.25) is 0 Å². The van der Waals surface area contributed by atoms with Crippen molar-refractivity contribution in [3.05, 3.63) is 33.7 Å². The maximum Gasteiger partial charge on any atom is 0.338 e. The first-order valence-corrected chi connectivity index (χ1v) is 8.39. The van der Waals surface area contributed by atoms with Gasteiger partial charge in [0, 0.05) is 42.3 Å². The molecular formula is C18H22N2O2. The molecule has 0 bridgehead atoms. The zero-order valence-corrected chi connectivity index (χ0v) is 13.1. The number of fused-ring (bicyclic) bond motifs is 2. The number of hydrogen-bond acceptors (Lipinski definition) is 4. The lowest BCUT2D eigenvalue weighted by atomic mass is 9.90. The van der Waals surface area contributed by atoms with Crippen molar-refractivity contribution in [2.24, 2.45) is 0 Å². The lowest BCUT2D eigenvalue weighted by molar-refractivity contribution is 0.550. The van der Waals surface area contributed by atoms with E-state index < -0.39 is 0 Å². The summed E-state index contributed by atoms with van der Waals surface area (Å²) in [6, 6.07) is 3.84. The van der Waals surface area contributed by atoms with Gasteiger partial charge in [0.2, 0.25) is 0 Å². The van der Waals surface area contributed by atoms with Crippen LogP contribution in [0, 0.1) is 0 Å². The van der Waals surface area contributed by atoms with E-state index in [9.17, 15) is 4.79 Å². The van der Waals surface area contributed by atoms with Crippen molar-refractivity contribution in [3.63, 3.8) is 0 Å². The highest BCUT2D eigenvalue weighted by atomic mass is 16.4. The lowest BCUT2D eigenvalue weighted by Gasteiger charge is -2.37. The predicted molar refractivity (Wildman–Crippen MR) is 90.1 cm³/mol. The van der Waals surface area contributed by atoms with Gasteiger partial charge in [-0.15, -0.1) is 0 Å². The van der Waals surface area contributed by atoms with Crippen molar-refractivity contribution in [2.75, 3.05) is 29.9 Å². The predicted octanol–water partition coefficient (Wildman–Crippen LogP) is 3.31. The van der Waals surface area contributed by atoms with Crippen LogP contribution in [-0.2, 0) is 12.8 Å². The first-order chi connectivity index (χ1) is 10.8. The van der Waals surface area contributed by atoms with Gasteiger partial charge in [0.25, 0.3) is 0 Å². The fourth-order valence-electron chi connectivity index (χ4n) is 3.88. The monoisotopic (exact) mass is 298 g/mol. The number of nitrogens with zero attached hydrogens (tertiary/aromatic N) is 1. The summed E-state index contributed by atoms with van der Waals surface area (Å²) in [6.45, 7) is 5.26. The zero-order valence-electron chi connectivity index (χ0n) is 13.1. The molecule has 116 valence electrons. The molecule has 3 heterocycles. The van der Waals surface area contributed by atoms with E-state index in [1.807, 2.05) is 0 Å². The van der Waals surface area contributed by atoms with Gasteiger partial charge in [-0.05, 0) is 43.7 Å². The van der Waals surface area contributed by atoms with Crippen LogP contribution in [0.5, 0.6) is 0 Å². The average molecular weight is 298 g/mol. The normalized spacial score (nSPS) is 16.7. The number of benzene rings is 1. The van der Waals surface area contributed by atoms with Gasteiger partial charge in [0.1, 0.15) is 5.58 Å². The maximum absolute atomic E-state index is 12.0. The van der Waals surface area contributed by atoms with Crippen molar-refractivity contribution in [1.29, 1.82) is 0 Å². The summed E-state index contributed by atoms with van der Waals surface area (Å²) in [4.78, 5) is 14.5. The molecule has 2 aliphatic heterocycles. The average Bonchev–Trinajstić information content (AvgIpc) is 2.54. The molecule has 4 rings (SSSR count). The third-order valence-electron chi connectivity index (χ3n) is 4.79. The molecule has 0 fully saturated rings. The van der Waals surface area contributed by atoms with Crippen LogP contribution in [0.15, 0.2) is 21.3 Å². The molecule has 4 nitrogen and oxygen atoms in total. The highest BCUT2D eigenvalue weighted by molar-refractivity contribution is 5.96. The molecule has 0 radical (unpaired) electrons. The van der Waals surface area contributed by atoms with Gasteiger partial charge >= 0.3 is 5.63 Å². The summed E-state index contributed by atoms with van der Waals surface area (Å²) >= 11 is 0. The second kappa shape index (κ2) is 5.34. The van der Waals surface area contributed by atoms with Crippen LogP contribution in [0.25, 0.3) is 11.0 Å². The number of rotatable bonds is 3.